The topological polar surface area (TPSA) is 17.1 Å². The Balaban J connectivity index is 2.08. The summed E-state index contributed by atoms with van der Waals surface area (Å²) < 4.78 is 0.843. The number of hydrogen-bond donors (Lipinski definition) is 0. The molecule has 3 aromatic carbocycles. The lowest BCUT2D eigenvalue weighted by Crippen LogP contribution is -2.02. The van der Waals surface area contributed by atoms with Crippen molar-refractivity contribution in [2.45, 2.75) is 6.92 Å². The Morgan fingerprint density at radius 2 is 1.65 bits per heavy atom. The lowest BCUT2D eigenvalue weighted by atomic mass is 9.99. The molecule has 98 valence electrons. The minimum absolute atomic E-state index is 0.0441. The molecule has 0 saturated carbocycles. The predicted molar refractivity (Wildman–Crippen MR) is 86.3 cm³/mol. The second-order valence-electron chi connectivity index (χ2n) is 4.87. The van der Waals surface area contributed by atoms with Crippen molar-refractivity contribution in [1.29, 1.82) is 0 Å². The fourth-order valence-corrected chi connectivity index (χ4v) is 2.96. The van der Waals surface area contributed by atoms with E-state index in [4.69, 9.17) is 0 Å². The Labute approximate surface area is 126 Å². The van der Waals surface area contributed by atoms with Crippen molar-refractivity contribution in [2.24, 2.45) is 0 Å². The van der Waals surface area contributed by atoms with Crippen LogP contribution in [0.4, 0.5) is 0 Å². The van der Waals surface area contributed by atoms with E-state index >= 15 is 0 Å². The number of fused-ring (bicyclic) bond motifs is 1. The first kappa shape index (κ1) is 13.1. The van der Waals surface area contributed by atoms with Crippen LogP contribution in [-0.2, 0) is 0 Å². The summed E-state index contributed by atoms with van der Waals surface area (Å²) in [4.78, 5) is 12.6. The van der Waals surface area contributed by atoms with Gasteiger partial charge in [0.25, 0.3) is 0 Å². The third kappa shape index (κ3) is 2.39. The molecule has 0 heterocycles. The third-order valence-electron chi connectivity index (χ3n) is 3.38. The van der Waals surface area contributed by atoms with Gasteiger partial charge in [0.1, 0.15) is 0 Å². The van der Waals surface area contributed by atoms with Crippen molar-refractivity contribution in [3.63, 3.8) is 0 Å². The van der Waals surface area contributed by atoms with Crippen LogP contribution < -0.4 is 0 Å². The van der Waals surface area contributed by atoms with E-state index in [0.29, 0.717) is 11.1 Å². The van der Waals surface area contributed by atoms with Crippen molar-refractivity contribution in [3.8, 4) is 0 Å². The minimum Gasteiger partial charge on any atom is -0.289 e. The van der Waals surface area contributed by atoms with Gasteiger partial charge in [-0.2, -0.15) is 0 Å². The van der Waals surface area contributed by atoms with Crippen LogP contribution in [0, 0.1) is 6.92 Å². The second-order valence-corrected chi connectivity index (χ2v) is 5.73. The van der Waals surface area contributed by atoms with E-state index < -0.39 is 0 Å². The minimum atomic E-state index is 0.0441. The molecular formula is C18H13BrO. The quantitative estimate of drug-likeness (QED) is 0.596. The van der Waals surface area contributed by atoms with Gasteiger partial charge in [-0.15, -0.1) is 0 Å². The number of aryl methyl sites for hydroxylation is 1. The molecule has 3 rings (SSSR count). The lowest BCUT2D eigenvalue weighted by molar-refractivity contribution is 0.103. The Morgan fingerprint density at radius 1 is 0.900 bits per heavy atom. The molecule has 1 nitrogen and oxygen atoms in total. The molecular weight excluding hydrogens is 312 g/mol. The first-order valence-corrected chi connectivity index (χ1v) is 7.24. The molecule has 0 aliphatic carbocycles. The van der Waals surface area contributed by atoms with Crippen LogP contribution in [0.1, 0.15) is 21.5 Å². The number of ketones is 1. The second kappa shape index (κ2) is 5.22. The molecule has 0 radical (unpaired) electrons. The van der Waals surface area contributed by atoms with Crippen LogP contribution >= 0.6 is 15.9 Å². The summed E-state index contributed by atoms with van der Waals surface area (Å²) >= 11 is 3.47. The Morgan fingerprint density at radius 3 is 2.40 bits per heavy atom. The summed E-state index contributed by atoms with van der Waals surface area (Å²) in [5, 5.41) is 2.23. The van der Waals surface area contributed by atoms with E-state index in [1.165, 1.54) is 0 Å². The Bertz CT molecular complexity index is 805. The zero-order chi connectivity index (χ0) is 14.1. The van der Waals surface area contributed by atoms with Crippen LogP contribution in [-0.4, -0.2) is 5.78 Å². The monoisotopic (exact) mass is 324 g/mol. The molecule has 0 bridgehead atoms. The number of rotatable bonds is 2. The highest BCUT2D eigenvalue weighted by Gasteiger charge is 2.12. The lowest BCUT2D eigenvalue weighted by Gasteiger charge is -2.06. The highest BCUT2D eigenvalue weighted by Crippen LogP contribution is 2.23. The zero-order valence-corrected chi connectivity index (χ0v) is 12.6. The molecule has 0 aromatic heterocycles. The largest absolute Gasteiger partial charge is 0.289 e. The molecule has 0 unspecified atom stereocenters. The maximum Gasteiger partial charge on any atom is 0.194 e. The summed E-state index contributed by atoms with van der Waals surface area (Å²) in [6, 6.07) is 19.7. The number of halogens is 1. The van der Waals surface area contributed by atoms with Gasteiger partial charge in [0.15, 0.2) is 5.78 Å². The maximum absolute atomic E-state index is 12.6. The first-order valence-electron chi connectivity index (χ1n) is 6.45. The van der Waals surface area contributed by atoms with E-state index in [2.05, 4.69) is 15.9 Å². The van der Waals surface area contributed by atoms with Gasteiger partial charge in [-0.1, -0.05) is 58.4 Å². The zero-order valence-electron chi connectivity index (χ0n) is 11.1. The van der Waals surface area contributed by atoms with Crippen molar-refractivity contribution in [3.05, 3.63) is 81.8 Å². The van der Waals surface area contributed by atoms with Crippen molar-refractivity contribution >= 4 is 32.5 Å². The fraction of sp³-hybridized carbons (Fsp3) is 0.0556. The molecule has 0 atom stereocenters. The third-order valence-corrected chi connectivity index (χ3v) is 4.04. The van der Waals surface area contributed by atoms with E-state index in [1.807, 2.05) is 67.6 Å². The smallest absolute Gasteiger partial charge is 0.194 e. The Kier molecular flexibility index (Phi) is 3.41. The molecule has 0 N–H and O–H groups in total. The van der Waals surface area contributed by atoms with Crippen LogP contribution in [0.3, 0.4) is 0 Å². The standard InChI is InChI=1S/C18H13BrO/c1-12-6-9-16(17(19)10-12)18(20)15-8-7-13-4-2-3-5-14(13)11-15/h2-11H,1H3. The molecule has 0 saturated heterocycles. The molecule has 0 amide bonds. The van der Waals surface area contributed by atoms with E-state index in [-0.39, 0.29) is 5.78 Å². The molecule has 0 spiro atoms. The van der Waals surface area contributed by atoms with Gasteiger partial charge in [0, 0.05) is 15.6 Å². The molecule has 20 heavy (non-hydrogen) atoms. The summed E-state index contributed by atoms with van der Waals surface area (Å²) in [5.41, 5.74) is 2.55. The van der Waals surface area contributed by atoms with Crippen molar-refractivity contribution in [2.75, 3.05) is 0 Å². The fourth-order valence-electron chi connectivity index (χ4n) is 2.29. The van der Waals surface area contributed by atoms with E-state index in [0.717, 1.165) is 20.8 Å². The van der Waals surface area contributed by atoms with Gasteiger partial charge < -0.3 is 0 Å². The number of hydrogen-bond acceptors (Lipinski definition) is 1. The van der Waals surface area contributed by atoms with Crippen molar-refractivity contribution in [1.82, 2.24) is 0 Å². The van der Waals surface area contributed by atoms with Gasteiger partial charge in [0.05, 0.1) is 0 Å². The SMILES string of the molecule is Cc1ccc(C(=O)c2ccc3ccccc3c2)c(Br)c1. The van der Waals surface area contributed by atoms with Crippen LogP contribution in [0.15, 0.2) is 65.1 Å². The summed E-state index contributed by atoms with van der Waals surface area (Å²) in [6.45, 7) is 2.01. The van der Waals surface area contributed by atoms with Crippen LogP contribution in [0.2, 0.25) is 0 Å². The number of carbonyl (C=O) groups excluding carboxylic acids is 1. The molecule has 0 aliphatic heterocycles. The summed E-state index contributed by atoms with van der Waals surface area (Å²) in [5.74, 6) is 0.0441. The summed E-state index contributed by atoms with van der Waals surface area (Å²) in [6.07, 6.45) is 0. The van der Waals surface area contributed by atoms with Gasteiger partial charge in [-0.25, -0.2) is 0 Å². The molecule has 3 aromatic rings. The first-order chi connectivity index (χ1) is 9.65. The van der Waals surface area contributed by atoms with Gasteiger partial charge >= 0.3 is 0 Å². The normalized spacial score (nSPS) is 10.7. The van der Waals surface area contributed by atoms with Crippen LogP contribution in [0.25, 0.3) is 10.8 Å². The Hall–Kier alpha value is -1.93. The van der Waals surface area contributed by atoms with Gasteiger partial charge in [-0.3, -0.25) is 4.79 Å². The van der Waals surface area contributed by atoms with E-state index in [9.17, 15) is 4.79 Å². The van der Waals surface area contributed by atoms with Gasteiger partial charge in [0.2, 0.25) is 0 Å². The van der Waals surface area contributed by atoms with Gasteiger partial charge in [-0.05, 0) is 41.5 Å². The molecule has 0 aliphatic rings. The van der Waals surface area contributed by atoms with Crippen molar-refractivity contribution < 1.29 is 4.79 Å². The highest BCUT2D eigenvalue weighted by molar-refractivity contribution is 9.10. The average Bonchev–Trinajstić information content (AvgIpc) is 2.46. The number of carbonyl (C=O) groups is 1. The average molecular weight is 325 g/mol. The predicted octanol–water partition coefficient (Wildman–Crippen LogP) is 5.14. The molecule has 0 fully saturated rings. The molecule has 2 heteroatoms. The summed E-state index contributed by atoms with van der Waals surface area (Å²) in [7, 11) is 0. The number of benzene rings is 3. The van der Waals surface area contributed by atoms with E-state index in [1.54, 1.807) is 0 Å². The maximum atomic E-state index is 12.6. The van der Waals surface area contributed by atoms with Crippen LogP contribution in [0.5, 0.6) is 0 Å². The highest BCUT2D eigenvalue weighted by atomic mass is 79.9.